The van der Waals surface area contributed by atoms with Crippen molar-refractivity contribution in [2.75, 3.05) is 19.1 Å². The van der Waals surface area contributed by atoms with Gasteiger partial charge < -0.3 is 19.1 Å². The van der Waals surface area contributed by atoms with E-state index in [0.29, 0.717) is 17.2 Å². The van der Waals surface area contributed by atoms with Crippen LogP contribution < -0.4 is 9.64 Å². The minimum absolute atomic E-state index is 0.0282. The van der Waals surface area contributed by atoms with E-state index >= 15 is 0 Å². The van der Waals surface area contributed by atoms with Crippen LogP contribution in [0.2, 0.25) is 0 Å². The van der Waals surface area contributed by atoms with Crippen LogP contribution >= 0.6 is 0 Å². The van der Waals surface area contributed by atoms with Gasteiger partial charge >= 0.3 is 11.9 Å². The number of carbonyl (C=O) groups excluding carboxylic acids is 2. The lowest BCUT2D eigenvalue weighted by molar-refractivity contribution is -0.139. The minimum Gasteiger partial charge on any atom is -0.465 e. The van der Waals surface area contributed by atoms with Crippen LogP contribution in [0.1, 0.15) is 0 Å². The lowest BCUT2D eigenvalue weighted by Crippen LogP contribution is -2.27. The Morgan fingerprint density at radius 1 is 0.897 bits per heavy atom. The number of rotatable bonds is 5. The third-order valence-electron chi connectivity index (χ3n) is 4.06. The molecule has 1 aliphatic heterocycles. The van der Waals surface area contributed by atoms with E-state index < -0.39 is 11.9 Å². The van der Waals surface area contributed by atoms with Gasteiger partial charge in [0, 0.05) is 6.20 Å². The van der Waals surface area contributed by atoms with Gasteiger partial charge in [0.25, 0.3) is 0 Å². The fourth-order valence-corrected chi connectivity index (χ4v) is 2.72. The highest BCUT2D eigenvalue weighted by atomic mass is 19.1. The van der Waals surface area contributed by atoms with Gasteiger partial charge in [0.2, 0.25) is 0 Å². The molecule has 1 aliphatic rings. The molecule has 0 unspecified atom stereocenters. The van der Waals surface area contributed by atoms with Gasteiger partial charge in [-0.25, -0.2) is 14.0 Å². The van der Waals surface area contributed by atoms with Gasteiger partial charge in [0.15, 0.2) is 5.75 Å². The number of hydrogen-bond acceptors (Lipinski definition) is 6. The number of nitrogens with zero attached hydrogens (tertiary/aromatic N) is 1. The largest absolute Gasteiger partial charge is 0.465 e. The first-order valence-corrected chi connectivity index (χ1v) is 8.62. The van der Waals surface area contributed by atoms with E-state index in [0.717, 1.165) is 0 Å². The molecule has 0 saturated heterocycles. The molecule has 0 atom stereocenters. The van der Waals surface area contributed by atoms with Crippen LogP contribution in [-0.4, -0.2) is 26.2 Å². The first-order valence-electron chi connectivity index (χ1n) is 8.62. The summed E-state index contributed by atoms with van der Waals surface area (Å²) in [4.78, 5) is 26.3. The summed E-state index contributed by atoms with van der Waals surface area (Å²) in [5, 5.41) is 0. The number of anilines is 1. The van der Waals surface area contributed by atoms with E-state index in [1.807, 2.05) is 0 Å². The zero-order valence-electron chi connectivity index (χ0n) is 15.8. The third kappa shape index (κ3) is 4.35. The molecule has 0 fully saturated rings. The Bertz CT molecular complexity index is 1010. The Kier molecular flexibility index (Phi) is 6.09. The predicted molar refractivity (Wildman–Crippen MR) is 105 cm³/mol. The molecule has 0 aliphatic carbocycles. The van der Waals surface area contributed by atoms with Gasteiger partial charge in [-0.2, -0.15) is 0 Å². The maximum absolute atomic E-state index is 13.2. The molecule has 0 bridgehead atoms. The first kappa shape index (κ1) is 19.9. The maximum Gasteiger partial charge on any atom is 0.355 e. The molecular formula is C22H18FNO5. The summed E-state index contributed by atoms with van der Waals surface area (Å²) in [6.45, 7) is 0. The Balaban J connectivity index is 2.11. The van der Waals surface area contributed by atoms with Crippen molar-refractivity contribution < 1.29 is 28.2 Å². The van der Waals surface area contributed by atoms with Crippen molar-refractivity contribution in [1.82, 2.24) is 0 Å². The normalized spacial score (nSPS) is 13.1. The van der Waals surface area contributed by atoms with Crippen molar-refractivity contribution in [1.29, 1.82) is 0 Å². The summed E-state index contributed by atoms with van der Waals surface area (Å²) in [5.41, 5.74) is 0.471. The minimum atomic E-state index is -0.724. The van der Waals surface area contributed by atoms with Gasteiger partial charge in [-0.15, -0.1) is 0 Å². The molecule has 6 nitrogen and oxygen atoms in total. The molecule has 2 aromatic carbocycles. The van der Waals surface area contributed by atoms with Crippen LogP contribution in [0.5, 0.6) is 11.5 Å². The number of esters is 2. The zero-order chi connectivity index (χ0) is 20.8. The summed E-state index contributed by atoms with van der Waals surface area (Å²) in [6, 6.07) is 12.5. The number of carbonyl (C=O) groups is 2. The summed E-state index contributed by atoms with van der Waals surface area (Å²) in [7, 11) is 2.45. The van der Waals surface area contributed by atoms with Crippen molar-refractivity contribution in [3.05, 3.63) is 90.0 Å². The van der Waals surface area contributed by atoms with Crippen LogP contribution in [0.3, 0.4) is 0 Å². The molecule has 29 heavy (non-hydrogen) atoms. The molecular weight excluding hydrogens is 377 g/mol. The fraction of sp³-hybridized carbons (Fsp3) is 0.0909. The number of methoxy groups -OCH3 is 2. The van der Waals surface area contributed by atoms with Crippen LogP contribution in [-0.2, 0) is 19.1 Å². The number of ether oxygens (including phenoxy) is 3. The van der Waals surface area contributed by atoms with Gasteiger partial charge in [0.05, 0.1) is 25.5 Å². The molecule has 0 amide bonds. The second-order valence-electron chi connectivity index (χ2n) is 5.84. The average Bonchev–Trinajstić information content (AvgIpc) is 2.97. The maximum atomic E-state index is 13.2. The highest BCUT2D eigenvalue weighted by molar-refractivity contribution is 6.05. The third-order valence-corrected chi connectivity index (χ3v) is 4.06. The Morgan fingerprint density at radius 3 is 2.28 bits per heavy atom. The van der Waals surface area contributed by atoms with E-state index in [2.05, 4.69) is 0 Å². The summed E-state index contributed by atoms with van der Waals surface area (Å²) in [5.74, 6) is -1.000. The highest BCUT2D eigenvalue weighted by Crippen LogP contribution is 2.36. The van der Waals surface area contributed by atoms with Crippen molar-refractivity contribution in [2.45, 2.75) is 0 Å². The second kappa shape index (κ2) is 8.88. The van der Waals surface area contributed by atoms with Crippen LogP contribution in [0, 0.1) is 5.82 Å². The van der Waals surface area contributed by atoms with Gasteiger partial charge in [-0.3, -0.25) is 0 Å². The molecule has 2 aromatic rings. The topological polar surface area (TPSA) is 65.1 Å². The van der Waals surface area contributed by atoms with Crippen molar-refractivity contribution in [3.63, 3.8) is 0 Å². The molecule has 0 radical (unpaired) electrons. The van der Waals surface area contributed by atoms with Crippen molar-refractivity contribution >= 4 is 17.6 Å². The van der Waals surface area contributed by atoms with E-state index in [9.17, 15) is 14.0 Å². The molecule has 0 aromatic heterocycles. The van der Waals surface area contributed by atoms with Gasteiger partial charge in [-0.05, 0) is 48.6 Å². The van der Waals surface area contributed by atoms with Gasteiger partial charge in [0.1, 0.15) is 17.3 Å². The molecule has 7 heteroatoms. The van der Waals surface area contributed by atoms with Gasteiger partial charge in [-0.1, -0.05) is 18.2 Å². The van der Waals surface area contributed by atoms with Crippen molar-refractivity contribution in [3.8, 4) is 11.5 Å². The molecule has 0 spiro atoms. The van der Waals surface area contributed by atoms with Crippen LogP contribution in [0.4, 0.5) is 10.1 Å². The average molecular weight is 395 g/mol. The molecule has 1 heterocycles. The second-order valence-corrected chi connectivity index (χ2v) is 5.84. The van der Waals surface area contributed by atoms with Crippen molar-refractivity contribution in [2.24, 2.45) is 0 Å². The van der Waals surface area contributed by atoms with Crippen LogP contribution in [0.25, 0.3) is 0 Å². The zero-order valence-corrected chi connectivity index (χ0v) is 15.8. The number of allylic oxidation sites excluding steroid dienone is 2. The molecule has 0 saturated carbocycles. The smallest absolute Gasteiger partial charge is 0.355 e. The van der Waals surface area contributed by atoms with E-state index in [4.69, 9.17) is 14.2 Å². The Hall–Kier alpha value is -3.87. The first-order chi connectivity index (χ1) is 14.0. The SMILES string of the molecule is COC(=O)C1=C(C(=O)OC)N(c2ccccc2Oc2ccc(F)cc2)C=CC=C1. The number of benzene rings is 2. The summed E-state index contributed by atoms with van der Waals surface area (Å²) in [6.07, 6.45) is 6.34. The standard InChI is InChI=1S/C22H18FNO5/c1-27-21(25)17-7-5-6-14-24(20(17)22(26)28-2)18-8-3-4-9-19(18)29-16-12-10-15(23)11-13-16/h3-14H,1-2H3. The Labute approximate surface area is 167 Å². The monoisotopic (exact) mass is 395 g/mol. The highest BCUT2D eigenvalue weighted by Gasteiger charge is 2.28. The van der Waals surface area contributed by atoms with E-state index in [-0.39, 0.29) is 17.1 Å². The van der Waals surface area contributed by atoms with Crippen LogP contribution in [0.15, 0.2) is 84.2 Å². The lowest BCUT2D eigenvalue weighted by atomic mass is 10.1. The molecule has 0 N–H and O–H groups in total. The number of halogens is 1. The van der Waals surface area contributed by atoms with E-state index in [1.54, 1.807) is 42.6 Å². The number of para-hydroxylation sites is 2. The lowest BCUT2D eigenvalue weighted by Gasteiger charge is -2.25. The molecule has 3 rings (SSSR count). The fourth-order valence-electron chi connectivity index (χ4n) is 2.72. The Morgan fingerprint density at radius 2 is 1.59 bits per heavy atom. The summed E-state index contributed by atoms with van der Waals surface area (Å²) >= 11 is 0. The quantitative estimate of drug-likeness (QED) is 0.710. The number of hydrogen-bond donors (Lipinski definition) is 0. The molecule has 148 valence electrons. The summed E-state index contributed by atoms with van der Waals surface area (Å²) < 4.78 is 28.8. The van der Waals surface area contributed by atoms with E-state index in [1.165, 1.54) is 49.5 Å². The predicted octanol–water partition coefficient (Wildman–Crippen LogP) is 4.11.